The molecule has 9 heteroatoms. The van der Waals surface area contributed by atoms with E-state index in [-0.39, 0.29) is 17.7 Å². The van der Waals surface area contributed by atoms with Gasteiger partial charge in [0.1, 0.15) is 17.5 Å². The number of rotatable bonds is 7. The molecule has 0 unspecified atom stereocenters. The number of nitrogens with zero attached hydrogens (tertiary/aromatic N) is 4. The Kier molecular flexibility index (Phi) is 6.64. The number of aliphatic hydroxyl groups is 2. The first-order valence-electron chi connectivity index (χ1n) is 14.6. The van der Waals surface area contributed by atoms with Gasteiger partial charge in [-0.05, 0) is 64.3 Å². The quantitative estimate of drug-likeness (QED) is 0.425. The molecule has 3 aliphatic heterocycles. The average Bonchev–Trinajstić information content (AvgIpc) is 3.60. The highest BCUT2D eigenvalue weighted by atomic mass is 16.5. The van der Waals surface area contributed by atoms with Gasteiger partial charge in [0.25, 0.3) is 5.91 Å². The lowest BCUT2D eigenvalue weighted by molar-refractivity contribution is -0.147. The maximum atomic E-state index is 14.6. The fraction of sp³-hybridized carbons (Fsp3) is 0.485. The maximum absolute atomic E-state index is 14.6. The van der Waals surface area contributed by atoms with Crippen LogP contribution in [0.2, 0.25) is 0 Å². The number of methoxy groups -OCH3 is 1. The number of carbonyl (C=O) groups excluding carboxylic acids is 1. The number of carbonyl (C=O) groups is 1. The second-order valence-electron chi connectivity index (χ2n) is 13.1. The molecule has 5 atom stereocenters. The standard InChI is InChI=1S/C33H40N4O5/c1-19-17-31(3,4)37-28-23(19)15-22(41-7)16-24(28)33(30(37)39)20(2)27(32(5,6)40)26(42-33)13-14-36-18-25(34-35-36)29(38)21-11-9-8-10-12-21/h8-12,15-18,20,26-27,29,38,40H,13-14H2,1-7H3/t20-,26+,27-,29-,33+/m1/s1. The van der Waals surface area contributed by atoms with E-state index in [1.165, 1.54) is 0 Å². The van der Waals surface area contributed by atoms with Crippen molar-refractivity contribution in [2.24, 2.45) is 11.8 Å². The van der Waals surface area contributed by atoms with Crippen molar-refractivity contribution >= 4 is 17.2 Å². The maximum Gasteiger partial charge on any atom is 0.265 e. The van der Waals surface area contributed by atoms with E-state index >= 15 is 0 Å². The number of amides is 1. The van der Waals surface area contributed by atoms with Gasteiger partial charge in [-0.3, -0.25) is 14.4 Å². The first-order chi connectivity index (χ1) is 19.8. The van der Waals surface area contributed by atoms with Crippen molar-refractivity contribution in [2.45, 2.75) is 83.5 Å². The molecule has 0 radical (unpaired) electrons. The predicted octanol–water partition coefficient (Wildman–Crippen LogP) is 4.62. The molecule has 6 rings (SSSR count). The van der Waals surface area contributed by atoms with Gasteiger partial charge in [0.15, 0.2) is 5.60 Å². The van der Waals surface area contributed by atoms with Crippen LogP contribution in [0.25, 0.3) is 5.57 Å². The summed E-state index contributed by atoms with van der Waals surface area (Å²) in [5.41, 5.74) is 1.94. The zero-order valence-electron chi connectivity index (χ0n) is 25.3. The Bertz CT molecular complexity index is 1560. The van der Waals surface area contributed by atoms with E-state index in [0.717, 1.165) is 28.0 Å². The van der Waals surface area contributed by atoms with Gasteiger partial charge in [0.05, 0.1) is 36.2 Å². The average molecular weight is 573 g/mol. The Morgan fingerprint density at radius 2 is 1.90 bits per heavy atom. The number of aryl methyl sites for hydroxylation is 1. The van der Waals surface area contributed by atoms with Crippen LogP contribution < -0.4 is 9.64 Å². The van der Waals surface area contributed by atoms with E-state index in [1.54, 1.807) is 31.8 Å². The zero-order valence-corrected chi connectivity index (χ0v) is 25.3. The second kappa shape index (κ2) is 9.76. The summed E-state index contributed by atoms with van der Waals surface area (Å²) in [6.07, 6.45) is 3.01. The first kappa shape index (κ1) is 28.6. The normalized spacial score (nSPS) is 26.9. The number of fused-ring (bicyclic) bond motifs is 1. The Morgan fingerprint density at radius 1 is 1.19 bits per heavy atom. The lowest BCUT2D eigenvalue weighted by Gasteiger charge is -2.39. The largest absolute Gasteiger partial charge is 0.497 e. The van der Waals surface area contributed by atoms with Crippen LogP contribution >= 0.6 is 0 Å². The Labute approximate surface area is 246 Å². The fourth-order valence-corrected chi connectivity index (χ4v) is 7.62. The monoisotopic (exact) mass is 572 g/mol. The molecule has 3 aromatic rings. The molecule has 1 fully saturated rings. The smallest absolute Gasteiger partial charge is 0.265 e. The van der Waals surface area contributed by atoms with E-state index in [1.807, 2.05) is 68.1 Å². The van der Waals surface area contributed by atoms with Crippen molar-refractivity contribution in [1.82, 2.24) is 15.0 Å². The topological polar surface area (TPSA) is 110 Å². The summed E-state index contributed by atoms with van der Waals surface area (Å²) in [6, 6.07) is 13.2. The summed E-state index contributed by atoms with van der Waals surface area (Å²) in [5, 5.41) is 30.7. The number of aromatic nitrogens is 3. The third kappa shape index (κ3) is 4.20. The van der Waals surface area contributed by atoms with Crippen molar-refractivity contribution in [3.63, 3.8) is 0 Å². The molecule has 2 N–H and O–H groups in total. The van der Waals surface area contributed by atoms with Gasteiger partial charge in [0.2, 0.25) is 0 Å². The van der Waals surface area contributed by atoms with E-state index in [2.05, 4.69) is 23.3 Å². The first-order valence-corrected chi connectivity index (χ1v) is 14.6. The number of aliphatic hydroxyl groups excluding tert-OH is 1. The highest BCUT2D eigenvalue weighted by Gasteiger charge is 2.67. The van der Waals surface area contributed by atoms with E-state index in [0.29, 0.717) is 24.4 Å². The molecule has 0 bridgehead atoms. The molecule has 42 heavy (non-hydrogen) atoms. The van der Waals surface area contributed by atoms with Gasteiger partial charge in [0, 0.05) is 29.5 Å². The molecular weight excluding hydrogens is 532 g/mol. The lowest BCUT2D eigenvalue weighted by atomic mass is 9.70. The summed E-state index contributed by atoms with van der Waals surface area (Å²) in [5.74, 6) is -0.130. The minimum atomic E-state index is -1.28. The summed E-state index contributed by atoms with van der Waals surface area (Å²) in [7, 11) is 1.63. The van der Waals surface area contributed by atoms with E-state index in [9.17, 15) is 15.0 Å². The Morgan fingerprint density at radius 3 is 2.57 bits per heavy atom. The van der Waals surface area contributed by atoms with Gasteiger partial charge in [-0.15, -0.1) is 5.10 Å². The number of hydrogen-bond donors (Lipinski definition) is 2. The number of anilines is 1. The molecule has 1 spiro atoms. The van der Waals surface area contributed by atoms with Gasteiger partial charge < -0.3 is 19.7 Å². The molecular formula is C33H40N4O5. The van der Waals surface area contributed by atoms with Crippen molar-refractivity contribution in [1.29, 1.82) is 0 Å². The van der Waals surface area contributed by atoms with Crippen LogP contribution in [0.4, 0.5) is 5.69 Å². The zero-order chi connectivity index (χ0) is 30.2. The van der Waals surface area contributed by atoms with Crippen molar-refractivity contribution in [3.05, 3.63) is 77.1 Å². The SMILES string of the molecule is COc1cc2c3c(c1)[C@]1(O[C@@H](CCn4cc([C@H](O)c5ccccc5)nn4)[C@H](C(C)(C)O)[C@H]1C)C(=O)N3C(C)(C)C=C2C. The molecule has 222 valence electrons. The van der Waals surface area contributed by atoms with Gasteiger partial charge in [-0.2, -0.15) is 0 Å². The third-order valence-corrected chi connectivity index (χ3v) is 9.36. The van der Waals surface area contributed by atoms with Gasteiger partial charge in [-0.25, -0.2) is 0 Å². The Hall–Kier alpha value is -3.53. The van der Waals surface area contributed by atoms with Crippen LogP contribution in [-0.2, 0) is 21.7 Å². The lowest BCUT2D eigenvalue weighted by Crippen LogP contribution is -2.53. The summed E-state index contributed by atoms with van der Waals surface area (Å²) in [6.45, 7) is 12.2. The molecule has 2 aromatic carbocycles. The number of ether oxygens (including phenoxy) is 2. The van der Waals surface area contributed by atoms with Crippen molar-refractivity contribution in [3.8, 4) is 5.75 Å². The molecule has 9 nitrogen and oxygen atoms in total. The molecule has 1 aromatic heterocycles. The number of benzene rings is 2. The second-order valence-corrected chi connectivity index (χ2v) is 13.1. The summed E-state index contributed by atoms with van der Waals surface area (Å²) < 4.78 is 14.3. The minimum absolute atomic E-state index is 0.112. The van der Waals surface area contributed by atoms with Crippen LogP contribution in [-0.4, -0.2) is 55.5 Å². The number of allylic oxidation sites excluding steroid dienone is 1. The molecule has 1 amide bonds. The predicted molar refractivity (Wildman–Crippen MR) is 159 cm³/mol. The number of hydrogen-bond acceptors (Lipinski definition) is 7. The van der Waals surface area contributed by atoms with Crippen LogP contribution in [0.5, 0.6) is 5.75 Å². The molecule has 3 aliphatic rings. The highest BCUT2D eigenvalue weighted by molar-refractivity contribution is 6.12. The minimum Gasteiger partial charge on any atom is -0.497 e. The van der Waals surface area contributed by atoms with Crippen LogP contribution in [0, 0.1) is 11.8 Å². The summed E-state index contributed by atoms with van der Waals surface area (Å²) >= 11 is 0. The molecule has 0 saturated carbocycles. The van der Waals surface area contributed by atoms with Crippen molar-refractivity contribution < 1.29 is 24.5 Å². The van der Waals surface area contributed by atoms with Gasteiger partial charge in [-0.1, -0.05) is 48.5 Å². The molecule has 1 saturated heterocycles. The van der Waals surface area contributed by atoms with E-state index < -0.39 is 28.9 Å². The summed E-state index contributed by atoms with van der Waals surface area (Å²) in [4.78, 5) is 16.5. The molecule has 0 aliphatic carbocycles. The third-order valence-electron chi connectivity index (χ3n) is 9.36. The van der Waals surface area contributed by atoms with Gasteiger partial charge >= 0.3 is 0 Å². The Balaban J connectivity index is 1.35. The molecule has 4 heterocycles. The van der Waals surface area contributed by atoms with Crippen LogP contribution in [0.1, 0.15) is 76.5 Å². The van der Waals surface area contributed by atoms with E-state index in [4.69, 9.17) is 9.47 Å². The highest BCUT2D eigenvalue weighted by Crippen LogP contribution is 2.61. The van der Waals surface area contributed by atoms with Crippen LogP contribution in [0.15, 0.2) is 54.7 Å². The van der Waals surface area contributed by atoms with Crippen LogP contribution in [0.3, 0.4) is 0 Å². The van der Waals surface area contributed by atoms with Crippen molar-refractivity contribution in [2.75, 3.05) is 12.0 Å². The fourth-order valence-electron chi connectivity index (χ4n) is 7.62.